The first-order valence-corrected chi connectivity index (χ1v) is 6.01. The molecule has 3 rings (SSSR count). The molecule has 0 saturated carbocycles. The minimum atomic E-state index is -0.363. The van der Waals surface area contributed by atoms with Crippen LogP contribution >= 0.6 is 0 Å². The zero-order valence-corrected chi connectivity index (χ0v) is 9.79. The Bertz CT molecular complexity index is 556. The van der Waals surface area contributed by atoms with Crippen LogP contribution in [0.2, 0.25) is 0 Å². The van der Waals surface area contributed by atoms with Gasteiger partial charge in [-0.3, -0.25) is 0 Å². The number of halogens is 2. The van der Waals surface area contributed by atoms with Crippen molar-refractivity contribution < 1.29 is 8.78 Å². The van der Waals surface area contributed by atoms with E-state index in [4.69, 9.17) is 5.73 Å². The summed E-state index contributed by atoms with van der Waals surface area (Å²) >= 11 is 0. The minimum absolute atomic E-state index is 0.00593. The normalized spacial score (nSPS) is 13.5. The van der Waals surface area contributed by atoms with Gasteiger partial charge in [-0.1, -0.05) is 24.3 Å². The quantitative estimate of drug-likeness (QED) is 0.861. The van der Waals surface area contributed by atoms with Gasteiger partial charge >= 0.3 is 0 Å². The fourth-order valence-corrected chi connectivity index (χ4v) is 2.84. The SMILES string of the molecule is NCCC1c2cccc(F)c2-c2c(F)cccc21. The molecule has 18 heavy (non-hydrogen) atoms. The van der Waals surface area contributed by atoms with Gasteiger partial charge < -0.3 is 5.73 Å². The number of nitrogens with two attached hydrogens (primary N) is 1. The summed E-state index contributed by atoms with van der Waals surface area (Å²) in [5.41, 5.74) is 8.12. The van der Waals surface area contributed by atoms with E-state index in [1.54, 1.807) is 12.1 Å². The van der Waals surface area contributed by atoms with E-state index in [1.165, 1.54) is 12.1 Å². The Balaban J connectivity index is 2.31. The molecule has 0 unspecified atom stereocenters. The third-order valence-corrected chi connectivity index (χ3v) is 3.55. The highest BCUT2D eigenvalue weighted by atomic mass is 19.1. The second kappa shape index (κ2) is 4.18. The molecule has 2 N–H and O–H groups in total. The summed E-state index contributed by atoms with van der Waals surface area (Å²) < 4.78 is 27.9. The van der Waals surface area contributed by atoms with Crippen molar-refractivity contribution in [3.63, 3.8) is 0 Å². The summed E-state index contributed by atoms with van der Waals surface area (Å²) in [5.74, 6) is -0.719. The monoisotopic (exact) mass is 245 g/mol. The average Bonchev–Trinajstić information content (AvgIpc) is 2.68. The van der Waals surface area contributed by atoms with Crippen molar-refractivity contribution in [2.24, 2.45) is 5.73 Å². The molecule has 0 atom stereocenters. The van der Waals surface area contributed by atoms with Crippen LogP contribution < -0.4 is 5.73 Å². The predicted molar refractivity (Wildman–Crippen MR) is 67.3 cm³/mol. The highest BCUT2D eigenvalue weighted by Crippen LogP contribution is 2.48. The molecule has 0 saturated heterocycles. The zero-order chi connectivity index (χ0) is 12.7. The summed E-state index contributed by atoms with van der Waals surface area (Å²) in [6.45, 7) is 0.497. The Labute approximate surface area is 104 Å². The van der Waals surface area contributed by atoms with Crippen molar-refractivity contribution in [3.05, 3.63) is 59.2 Å². The fourth-order valence-electron chi connectivity index (χ4n) is 2.84. The van der Waals surface area contributed by atoms with Gasteiger partial charge in [-0.25, -0.2) is 8.78 Å². The van der Waals surface area contributed by atoms with Crippen LogP contribution in [0.25, 0.3) is 11.1 Å². The lowest BCUT2D eigenvalue weighted by Crippen LogP contribution is -2.06. The Morgan fingerprint density at radius 1 is 0.889 bits per heavy atom. The molecule has 0 heterocycles. The maximum Gasteiger partial charge on any atom is 0.131 e. The average molecular weight is 245 g/mol. The van der Waals surface area contributed by atoms with Crippen LogP contribution in [-0.2, 0) is 0 Å². The zero-order valence-electron chi connectivity index (χ0n) is 9.79. The largest absolute Gasteiger partial charge is 0.330 e. The van der Waals surface area contributed by atoms with E-state index < -0.39 is 0 Å². The van der Waals surface area contributed by atoms with Crippen LogP contribution in [0.3, 0.4) is 0 Å². The van der Waals surface area contributed by atoms with E-state index in [9.17, 15) is 8.78 Å². The highest BCUT2D eigenvalue weighted by Gasteiger charge is 2.32. The number of fused-ring (bicyclic) bond motifs is 3. The third-order valence-electron chi connectivity index (χ3n) is 3.55. The smallest absolute Gasteiger partial charge is 0.131 e. The molecular weight excluding hydrogens is 232 g/mol. The van der Waals surface area contributed by atoms with Gasteiger partial charge in [0, 0.05) is 17.0 Å². The first-order valence-electron chi connectivity index (χ1n) is 6.01. The summed E-state index contributed by atoms with van der Waals surface area (Å²) in [6.07, 6.45) is 0.701. The molecular formula is C15H13F2N. The predicted octanol–water partition coefficient (Wildman–Crippen LogP) is 3.43. The molecule has 0 aliphatic heterocycles. The van der Waals surface area contributed by atoms with E-state index in [0.29, 0.717) is 24.1 Å². The van der Waals surface area contributed by atoms with Crippen LogP contribution in [0.5, 0.6) is 0 Å². The molecule has 0 aromatic heterocycles. The summed E-state index contributed by atoms with van der Waals surface area (Å²) in [5, 5.41) is 0. The van der Waals surface area contributed by atoms with Crippen molar-refractivity contribution in [1.29, 1.82) is 0 Å². The summed E-state index contributed by atoms with van der Waals surface area (Å²) in [4.78, 5) is 0. The Kier molecular flexibility index (Phi) is 2.63. The molecule has 1 aliphatic rings. The fraction of sp³-hybridized carbons (Fsp3) is 0.200. The maximum absolute atomic E-state index is 14.0. The third kappa shape index (κ3) is 1.47. The van der Waals surface area contributed by atoms with Crippen molar-refractivity contribution in [1.82, 2.24) is 0 Å². The van der Waals surface area contributed by atoms with Crippen molar-refractivity contribution in [2.75, 3.05) is 6.54 Å². The van der Waals surface area contributed by atoms with Gasteiger partial charge in [0.2, 0.25) is 0 Å². The van der Waals surface area contributed by atoms with Gasteiger partial charge in [-0.15, -0.1) is 0 Å². The molecule has 2 aromatic carbocycles. The minimum Gasteiger partial charge on any atom is -0.330 e. The van der Waals surface area contributed by atoms with Gasteiger partial charge in [-0.2, -0.15) is 0 Å². The van der Waals surface area contributed by atoms with Crippen molar-refractivity contribution >= 4 is 0 Å². The second-order valence-corrected chi connectivity index (χ2v) is 4.54. The van der Waals surface area contributed by atoms with Gasteiger partial charge in [0.15, 0.2) is 0 Å². The second-order valence-electron chi connectivity index (χ2n) is 4.54. The highest BCUT2D eigenvalue weighted by molar-refractivity contribution is 5.79. The lowest BCUT2D eigenvalue weighted by atomic mass is 9.94. The van der Waals surface area contributed by atoms with Crippen LogP contribution in [0.4, 0.5) is 8.78 Å². The maximum atomic E-state index is 14.0. The molecule has 92 valence electrons. The molecule has 0 radical (unpaired) electrons. The number of rotatable bonds is 2. The van der Waals surface area contributed by atoms with Crippen LogP contribution in [0, 0.1) is 11.6 Å². The van der Waals surface area contributed by atoms with Gasteiger partial charge in [0.05, 0.1) is 0 Å². The topological polar surface area (TPSA) is 26.0 Å². The summed E-state index contributed by atoms with van der Waals surface area (Å²) in [6, 6.07) is 9.80. The van der Waals surface area contributed by atoms with E-state index in [-0.39, 0.29) is 17.6 Å². The van der Waals surface area contributed by atoms with Gasteiger partial charge in [0.1, 0.15) is 11.6 Å². The molecule has 0 spiro atoms. The molecule has 1 nitrogen and oxygen atoms in total. The van der Waals surface area contributed by atoms with E-state index in [0.717, 1.165) is 11.1 Å². The molecule has 1 aliphatic carbocycles. The lowest BCUT2D eigenvalue weighted by molar-refractivity contribution is 0.617. The standard InChI is InChI=1S/C15H13F2N/c16-12-5-1-3-10-9(7-8-18)11-4-2-6-13(17)15(11)14(10)12/h1-6,9H,7-8,18H2. The number of benzene rings is 2. The van der Waals surface area contributed by atoms with Crippen molar-refractivity contribution in [2.45, 2.75) is 12.3 Å². The van der Waals surface area contributed by atoms with Gasteiger partial charge in [-0.05, 0) is 36.2 Å². The van der Waals surface area contributed by atoms with E-state index in [1.807, 2.05) is 12.1 Å². The lowest BCUT2D eigenvalue weighted by Gasteiger charge is -2.11. The van der Waals surface area contributed by atoms with Gasteiger partial charge in [0.25, 0.3) is 0 Å². The molecule has 0 amide bonds. The molecule has 0 bridgehead atoms. The summed E-state index contributed by atoms with van der Waals surface area (Å²) in [7, 11) is 0. The number of hydrogen-bond donors (Lipinski definition) is 1. The van der Waals surface area contributed by atoms with Crippen molar-refractivity contribution in [3.8, 4) is 11.1 Å². The Hall–Kier alpha value is -1.74. The molecule has 3 heteroatoms. The van der Waals surface area contributed by atoms with Crippen LogP contribution in [-0.4, -0.2) is 6.54 Å². The first kappa shape index (κ1) is 11.4. The number of hydrogen-bond acceptors (Lipinski definition) is 1. The Morgan fingerprint density at radius 3 is 1.83 bits per heavy atom. The molecule has 2 aromatic rings. The van der Waals surface area contributed by atoms with E-state index in [2.05, 4.69) is 0 Å². The van der Waals surface area contributed by atoms with E-state index >= 15 is 0 Å². The Morgan fingerprint density at radius 2 is 1.39 bits per heavy atom. The first-order chi connectivity index (χ1) is 8.74. The van der Waals surface area contributed by atoms with Crippen LogP contribution in [0.15, 0.2) is 36.4 Å². The van der Waals surface area contributed by atoms with Crippen LogP contribution in [0.1, 0.15) is 23.5 Å². The molecule has 0 fully saturated rings.